The molecule has 0 aliphatic heterocycles. The molecule has 0 aromatic heterocycles. The van der Waals surface area contributed by atoms with Gasteiger partial charge in [0.05, 0.1) is 0 Å². The number of rotatable bonds is 11. The van der Waals surface area contributed by atoms with E-state index in [0.717, 1.165) is 24.0 Å². The molecule has 0 heterocycles. The first-order valence-corrected chi connectivity index (χ1v) is 9.76. The van der Waals surface area contributed by atoms with Gasteiger partial charge in [0.25, 0.3) is 0 Å². The number of aliphatic carboxylic acids is 1. The summed E-state index contributed by atoms with van der Waals surface area (Å²) in [4.78, 5) is 23.8. The summed E-state index contributed by atoms with van der Waals surface area (Å²) in [6.45, 7) is 3.94. The number of ether oxygens (including phenoxy) is 1. The number of carbonyl (C=O) groups excluding carboxylic acids is 1. The molecule has 2 N–H and O–H groups in total. The fraction of sp³-hybridized carbons (Fsp3) is 0.391. The number of carboxylic acid groups (broad SMARTS) is 1. The van der Waals surface area contributed by atoms with E-state index in [1.54, 1.807) is 6.92 Å². The molecule has 0 radical (unpaired) electrons. The lowest BCUT2D eigenvalue weighted by Crippen LogP contribution is -2.46. The maximum atomic E-state index is 12.2. The van der Waals surface area contributed by atoms with E-state index < -0.39 is 24.0 Å². The van der Waals surface area contributed by atoms with Crippen molar-refractivity contribution in [2.24, 2.45) is 0 Å². The molecule has 0 bridgehead atoms. The molecule has 0 unspecified atom stereocenters. The Morgan fingerprint density at radius 1 is 0.964 bits per heavy atom. The van der Waals surface area contributed by atoms with Gasteiger partial charge in [0.15, 0.2) is 0 Å². The van der Waals surface area contributed by atoms with Crippen molar-refractivity contribution in [1.82, 2.24) is 5.32 Å². The third-order valence-corrected chi connectivity index (χ3v) is 4.61. The Morgan fingerprint density at radius 2 is 1.57 bits per heavy atom. The molecular weight excluding hydrogens is 354 g/mol. The standard InChI is InChI=1S/C23H29NO4/c1-3-7-18-10-12-19(13-11-18)14-15-21(22(25)26)24-17(2)23(27)28-16-20-8-5-4-6-9-20/h4-6,8-13,17,21,24H,3,7,14-16H2,1-2H3,(H,25,26)/t17-,21+/m1/s1. The van der Waals surface area contributed by atoms with Gasteiger partial charge < -0.3 is 9.84 Å². The van der Waals surface area contributed by atoms with Gasteiger partial charge in [0, 0.05) is 0 Å². The molecule has 0 fully saturated rings. The fourth-order valence-corrected chi connectivity index (χ4v) is 2.97. The highest BCUT2D eigenvalue weighted by Gasteiger charge is 2.24. The molecular formula is C23H29NO4. The lowest BCUT2D eigenvalue weighted by atomic mass is 10.0. The maximum Gasteiger partial charge on any atom is 0.323 e. The Balaban J connectivity index is 1.83. The van der Waals surface area contributed by atoms with Crippen molar-refractivity contribution in [2.45, 2.75) is 58.2 Å². The van der Waals surface area contributed by atoms with Crippen LogP contribution < -0.4 is 5.32 Å². The van der Waals surface area contributed by atoms with Crippen molar-refractivity contribution >= 4 is 11.9 Å². The molecule has 5 heteroatoms. The van der Waals surface area contributed by atoms with E-state index in [1.807, 2.05) is 42.5 Å². The highest BCUT2D eigenvalue weighted by atomic mass is 16.5. The third-order valence-electron chi connectivity index (χ3n) is 4.61. The van der Waals surface area contributed by atoms with Crippen LogP contribution in [0.5, 0.6) is 0 Å². The van der Waals surface area contributed by atoms with Gasteiger partial charge in [-0.15, -0.1) is 0 Å². The van der Waals surface area contributed by atoms with Crippen LogP contribution in [0, 0.1) is 0 Å². The van der Waals surface area contributed by atoms with Crippen LogP contribution in [0.3, 0.4) is 0 Å². The van der Waals surface area contributed by atoms with E-state index >= 15 is 0 Å². The Morgan fingerprint density at radius 3 is 2.14 bits per heavy atom. The molecule has 150 valence electrons. The highest BCUT2D eigenvalue weighted by Crippen LogP contribution is 2.11. The molecule has 2 atom stereocenters. The largest absolute Gasteiger partial charge is 0.480 e. The smallest absolute Gasteiger partial charge is 0.323 e. The molecule has 28 heavy (non-hydrogen) atoms. The van der Waals surface area contributed by atoms with Crippen LogP contribution in [-0.2, 0) is 33.8 Å². The zero-order valence-corrected chi connectivity index (χ0v) is 16.6. The molecule has 0 saturated carbocycles. The fourth-order valence-electron chi connectivity index (χ4n) is 2.97. The quantitative estimate of drug-likeness (QED) is 0.578. The number of nitrogens with one attached hydrogen (secondary N) is 1. The summed E-state index contributed by atoms with van der Waals surface area (Å²) in [6, 6.07) is 16.1. The Labute approximate surface area is 166 Å². The number of carboxylic acids is 1. The summed E-state index contributed by atoms with van der Waals surface area (Å²) < 4.78 is 5.28. The van der Waals surface area contributed by atoms with Gasteiger partial charge in [0.1, 0.15) is 18.7 Å². The van der Waals surface area contributed by atoms with E-state index in [2.05, 4.69) is 24.4 Å². The first-order chi connectivity index (χ1) is 13.5. The van der Waals surface area contributed by atoms with Gasteiger partial charge in [-0.2, -0.15) is 0 Å². The molecule has 0 aliphatic rings. The zero-order chi connectivity index (χ0) is 20.4. The number of hydrogen-bond acceptors (Lipinski definition) is 4. The lowest BCUT2D eigenvalue weighted by molar-refractivity contribution is -0.148. The molecule has 5 nitrogen and oxygen atoms in total. The van der Waals surface area contributed by atoms with E-state index in [4.69, 9.17) is 4.74 Å². The van der Waals surface area contributed by atoms with Gasteiger partial charge in [-0.25, -0.2) is 0 Å². The van der Waals surface area contributed by atoms with Gasteiger partial charge in [-0.05, 0) is 42.9 Å². The average molecular weight is 383 g/mol. The Hall–Kier alpha value is -2.66. The van der Waals surface area contributed by atoms with E-state index in [-0.39, 0.29) is 6.61 Å². The average Bonchev–Trinajstić information content (AvgIpc) is 2.71. The number of carbonyl (C=O) groups is 2. The van der Waals surface area contributed by atoms with Crippen LogP contribution in [0.15, 0.2) is 54.6 Å². The summed E-state index contributed by atoms with van der Waals surface area (Å²) in [7, 11) is 0. The van der Waals surface area contributed by atoms with Crippen molar-refractivity contribution < 1.29 is 19.4 Å². The molecule has 2 aromatic rings. The number of hydrogen-bond donors (Lipinski definition) is 2. The predicted octanol–water partition coefficient (Wildman–Crippen LogP) is 3.75. The molecule has 2 rings (SSSR count). The second kappa shape index (κ2) is 11.2. The van der Waals surface area contributed by atoms with Crippen LogP contribution in [0.4, 0.5) is 0 Å². The normalized spacial score (nSPS) is 12.9. The highest BCUT2D eigenvalue weighted by molar-refractivity contribution is 5.78. The van der Waals surface area contributed by atoms with Crippen molar-refractivity contribution in [2.75, 3.05) is 0 Å². The Bertz CT molecular complexity index is 743. The van der Waals surface area contributed by atoms with E-state index in [9.17, 15) is 14.7 Å². The second-order valence-electron chi connectivity index (χ2n) is 6.98. The van der Waals surface area contributed by atoms with Crippen molar-refractivity contribution in [3.8, 4) is 0 Å². The molecule has 0 spiro atoms. The van der Waals surface area contributed by atoms with Gasteiger partial charge in [-0.3, -0.25) is 14.9 Å². The summed E-state index contributed by atoms with van der Waals surface area (Å²) in [5, 5.41) is 12.4. The maximum absolute atomic E-state index is 12.2. The Kier molecular flexibility index (Phi) is 8.69. The van der Waals surface area contributed by atoms with E-state index in [1.165, 1.54) is 5.56 Å². The van der Waals surface area contributed by atoms with Gasteiger partial charge in [-0.1, -0.05) is 67.9 Å². The molecule has 0 amide bonds. The third kappa shape index (κ3) is 7.16. The summed E-state index contributed by atoms with van der Waals surface area (Å²) in [5.74, 6) is -1.43. The first-order valence-electron chi connectivity index (χ1n) is 9.76. The number of benzene rings is 2. The van der Waals surface area contributed by atoms with Gasteiger partial charge >= 0.3 is 11.9 Å². The number of esters is 1. The van der Waals surface area contributed by atoms with Crippen LogP contribution in [0.1, 0.15) is 43.4 Å². The topological polar surface area (TPSA) is 75.6 Å². The minimum absolute atomic E-state index is 0.174. The van der Waals surface area contributed by atoms with Crippen molar-refractivity contribution in [3.05, 3.63) is 71.3 Å². The molecule has 2 aromatic carbocycles. The zero-order valence-electron chi connectivity index (χ0n) is 16.6. The number of aryl methyl sites for hydroxylation is 2. The van der Waals surface area contributed by atoms with Crippen LogP contribution in [0.2, 0.25) is 0 Å². The van der Waals surface area contributed by atoms with Crippen molar-refractivity contribution in [1.29, 1.82) is 0 Å². The van der Waals surface area contributed by atoms with Crippen LogP contribution >= 0.6 is 0 Å². The summed E-state index contributed by atoms with van der Waals surface area (Å²) in [5.41, 5.74) is 3.27. The minimum atomic E-state index is -0.967. The van der Waals surface area contributed by atoms with Crippen LogP contribution in [0.25, 0.3) is 0 Å². The summed E-state index contributed by atoms with van der Waals surface area (Å²) >= 11 is 0. The van der Waals surface area contributed by atoms with Crippen LogP contribution in [-0.4, -0.2) is 29.1 Å². The molecule has 0 saturated heterocycles. The predicted molar refractivity (Wildman–Crippen MR) is 109 cm³/mol. The second-order valence-corrected chi connectivity index (χ2v) is 6.98. The first kappa shape index (κ1) is 21.6. The van der Waals surface area contributed by atoms with Crippen molar-refractivity contribution in [3.63, 3.8) is 0 Å². The summed E-state index contributed by atoms with van der Waals surface area (Å²) in [6.07, 6.45) is 3.17. The monoisotopic (exact) mass is 383 g/mol. The van der Waals surface area contributed by atoms with E-state index in [0.29, 0.717) is 12.8 Å². The minimum Gasteiger partial charge on any atom is -0.480 e. The SMILES string of the molecule is CCCc1ccc(CC[C@H](N[C@H](C)C(=O)OCc2ccccc2)C(=O)O)cc1. The molecule has 0 aliphatic carbocycles. The lowest BCUT2D eigenvalue weighted by Gasteiger charge is -2.19. The van der Waals surface area contributed by atoms with Gasteiger partial charge in [0.2, 0.25) is 0 Å².